The Kier molecular flexibility index (Phi) is 5.39. The van der Waals surface area contributed by atoms with Crippen molar-refractivity contribution in [3.05, 3.63) is 35.6 Å². The van der Waals surface area contributed by atoms with Crippen molar-refractivity contribution in [2.45, 2.75) is 44.3 Å². The predicted molar refractivity (Wildman–Crippen MR) is 73.3 cm³/mol. The minimum atomic E-state index is -4.37. The Balaban J connectivity index is 1.81. The molecule has 3 nitrogen and oxygen atoms in total. The second-order valence-corrected chi connectivity index (χ2v) is 5.41. The number of hydrogen-bond donors (Lipinski definition) is 1. The van der Waals surface area contributed by atoms with Gasteiger partial charge in [0.2, 0.25) is 5.91 Å². The lowest BCUT2D eigenvalue weighted by Crippen LogP contribution is -2.49. The molecule has 1 N–H and O–H groups in total. The molecule has 1 aromatic rings. The van der Waals surface area contributed by atoms with Crippen molar-refractivity contribution in [1.29, 1.82) is 0 Å². The number of carbonyl (C=O) groups is 1. The van der Waals surface area contributed by atoms with Gasteiger partial charge in [0.25, 0.3) is 0 Å². The molecule has 1 heterocycles. The van der Waals surface area contributed by atoms with Gasteiger partial charge in [-0.3, -0.25) is 10.2 Å². The van der Waals surface area contributed by atoms with Crippen LogP contribution in [0.2, 0.25) is 0 Å². The van der Waals surface area contributed by atoms with Gasteiger partial charge in [0.15, 0.2) is 0 Å². The largest absolute Gasteiger partial charge is 0.405 e. The van der Waals surface area contributed by atoms with E-state index < -0.39 is 12.2 Å². The third kappa shape index (κ3) is 4.69. The van der Waals surface area contributed by atoms with Gasteiger partial charge in [0.05, 0.1) is 0 Å². The number of hydrogen-bond acceptors (Lipinski definition) is 2. The molecule has 122 valence electrons. The van der Waals surface area contributed by atoms with Gasteiger partial charge in [-0.15, -0.1) is 0 Å². The molecule has 0 unspecified atom stereocenters. The van der Waals surface area contributed by atoms with Gasteiger partial charge in [-0.1, -0.05) is 18.6 Å². The Morgan fingerprint density at radius 2 is 1.86 bits per heavy atom. The van der Waals surface area contributed by atoms with E-state index in [9.17, 15) is 22.4 Å². The van der Waals surface area contributed by atoms with Gasteiger partial charge in [0, 0.05) is 13.0 Å². The van der Waals surface area contributed by atoms with Crippen LogP contribution in [-0.4, -0.2) is 29.7 Å². The molecule has 0 spiro atoms. The summed E-state index contributed by atoms with van der Waals surface area (Å²) in [5, 5.41) is 0.986. The number of carbonyl (C=O) groups excluding carboxylic acids is 1. The summed E-state index contributed by atoms with van der Waals surface area (Å²) in [5.41, 5.74) is 3.16. The van der Waals surface area contributed by atoms with Gasteiger partial charge in [0.1, 0.15) is 11.9 Å². The summed E-state index contributed by atoms with van der Waals surface area (Å²) in [4.78, 5) is 11.1. The number of amides is 1. The highest BCUT2D eigenvalue weighted by atomic mass is 19.4. The molecule has 1 fully saturated rings. The first kappa shape index (κ1) is 16.7. The average Bonchev–Trinajstić information content (AvgIpc) is 2.85. The average molecular weight is 318 g/mol. The van der Waals surface area contributed by atoms with Crippen molar-refractivity contribution in [2.24, 2.45) is 0 Å². The van der Waals surface area contributed by atoms with E-state index >= 15 is 0 Å². The molecule has 7 heteroatoms. The summed E-state index contributed by atoms with van der Waals surface area (Å²) in [6.07, 6.45) is -2.76. The van der Waals surface area contributed by atoms with E-state index in [0.29, 0.717) is 19.3 Å². The molecule has 1 aliphatic heterocycles. The zero-order chi connectivity index (χ0) is 16.2. The van der Waals surface area contributed by atoms with Crippen LogP contribution >= 0.6 is 0 Å². The molecule has 0 aliphatic carbocycles. The van der Waals surface area contributed by atoms with Gasteiger partial charge >= 0.3 is 6.18 Å². The Hall–Kier alpha value is -1.63. The molecule has 22 heavy (non-hydrogen) atoms. The first-order valence-electron chi connectivity index (χ1n) is 7.23. The molecule has 1 aliphatic rings. The van der Waals surface area contributed by atoms with Crippen LogP contribution in [0.5, 0.6) is 0 Å². The SMILES string of the molecule is O=C1CCN([C@@H](CCCCc2ccc(F)cc2)C(F)(F)F)N1. The van der Waals surface area contributed by atoms with Crippen molar-refractivity contribution < 1.29 is 22.4 Å². The molecular formula is C15H18F4N2O. The lowest BCUT2D eigenvalue weighted by atomic mass is 10.0. The number of nitrogens with one attached hydrogen (secondary N) is 1. The number of aryl methyl sites for hydroxylation is 1. The van der Waals surface area contributed by atoms with Crippen LogP contribution in [0.15, 0.2) is 24.3 Å². The second-order valence-electron chi connectivity index (χ2n) is 5.41. The van der Waals surface area contributed by atoms with Gasteiger partial charge in [-0.05, 0) is 37.0 Å². The molecule has 0 saturated carbocycles. The van der Waals surface area contributed by atoms with E-state index in [4.69, 9.17) is 0 Å². The lowest BCUT2D eigenvalue weighted by molar-refractivity contribution is -0.190. The number of alkyl halides is 3. The van der Waals surface area contributed by atoms with Crippen LogP contribution in [0.3, 0.4) is 0 Å². The lowest BCUT2D eigenvalue weighted by Gasteiger charge is -2.28. The smallest absolute Gasteiger partial charge is 0.288 e. The molecule has 0 bridgehead atoms. The standard InChI is InChI=1S/C15H18F4N2O/c16-12-7-5-11(6-8-12)3-1-2-4-13(15(17,18)19)21-10-9-14(22)20-21/h5-8,13H,1-4,9-10H2,(H,20,22)/t13-/m0/s1. The second kappa shape index (κ2) is 7.09. The molecule has 0 aromatic heterocycles. The highest BCUT2D eigenvalue weighted by molar-refractivity contribution is 5.77. The quantitative estimate of drug-likeness (QED) is 0.645. The maximum absolute atomic E-state index is 13.1. The van der Waals surface area contributed by atoms with E-state index in [1.54, 1.807) is 12.1 Å². The van der Waals surface area contributed by atoms with Gasteiger partial charge < -0.3 is 0 Å². The van der Waals surface area contributed by atoms with E-state index in [2.05, 4.69) is 5.43 Å². The summed E-state index contributed by atoms with van der Waals surface area (Å²) >= 11 is 0. The van der Waals surface area contributed by atoms with Crippen molar-refractivity contribution in [3.63, 3.8) is 0 Å². The third-order valence-electron chi connectivity index (χ3n) is 3.71. The highest BCUT2D eigenvalue weighted by Gasteiger charge is 2.45. The Morgan fingerprint density at radius 1 is 1.18 bits per heavy atom. The van der Waals surface area contributed by atoms with Crippen LogP contribution in [0.1, 0.15) is 31.2 Å². The summed E-state index contributed by atoms with van der Waals surface area (Å²) in [5.74, 6) is -0.703. The maximum Gasteiger partial charge on any atom is 0.405 e. The van der Waals surface area contributed by atoms with E-state index in [0.717, 1.165) is 10.6 Å². The summed E-state index contributed by atoms with van der Waals surface area (Å²) in [6.45, 7) is 0.0843. The fraction of sp³-hybridized carbons (Fsp3) is 0.533. The number of unbranched alkanes of at least 4 members (excludes halogenated alkanes) is 1. The monoisotopic (exact) mass is 318 g/mol. The summed E-state index contributed by atoms with van der Waals surface area (Å²) < 4.78 is 51.9. The van der Waals surface area contributed by atoms with Crippen LogP contribution in [-0.2, 0) is 11.2 Å². The predicted octanol–water partition coefficient (Wildman–Crippen LogP) is 3.21. The van der Waals surface area contributed by atoms with E-state index in [-0.39, 0.29) is 31.1 Å². The Morgan fingerprint density at radius 3 is 2.41 bits per heavy atom. The van der Waals surface area contributed by atoms with Crippen LogP contribution < -0.4 is 5.43 Å². The van der Waals surface area contributed by atoms with Crippen molar-refractivity contribution >= 4 is 5.91 Å². The van der Waals surface area contributed by atoms with E-state index in [1.807, 2.05) is 0 Å². The fourth-order valence-corrected chi connectivity index (χ4v) is 2.54. The minimum Gasteiger partial charge on any atom is -0.288 e. The van der Waals surface area contributed by atoms with E-state index in [1.165, 1.54) is 12.1 Å². The van der Waals surface area contributed by atoms with Crippen molar-refractivity contribution in [2.75, 3.05) is 6.54 Å². The van der Waals surface area contributed by atoms with Gasteiger partial charge in [-0.2, -0.15) is 13.2 Å². The molecule has 1 amide bonds. The van der Waals surface area contributed by atoms with Gasteiger partial charge in [-0.25, -0.2) is 9.40 Å². The topological polar surface area (TPSA) is 32.3 Å². The number of benzene rings is 1. The first-order chi connectivity index (χ1) is 10.4. The van der Waals surface area contributed by atoms with Crippen LogP contribution in [0.25, 0.3) is 0 Å². The van der Waals surface area contributed by atoms with Crippen molar-refractivity contribution in [3.8, 4) is 0 Å². The molecule has 2 rings (SSSR count). The highest BCUT2D eigenvalue weighted by Crippen LogP contribution is 2.29. The number of hydrazine groups is 1. The fourth-order valence-electron chi connectivity index (χ4n) is 2.54. The Bertz CT molecular complexity index is 501. The zero-order valence-electron chi connectivity index (χ0n) is 12.0. The number of halogens is 4. The normalized spacial score (nSPS) is 17.5. The molecule has 1 atom stereocenters. The third-order valence-corrected chi connectivity index (χ3v) is 3.71. The maximum atomic E-state index is 13.1. The zero-order valence-corrected chi connectivity index (χ0v) is 12.0. The minimum absolute atomic E-state index is 0.0645. The first-order valence-corrected chi connectivity index (χ1v) is 7.23. The van der Waals surface area contributed by atoms with Crippen LogP contribution in [0.4, 0.5) is 17.6 Å². The summed E-state index contributed by atoms with van der Waals surface area (Å²) in [6, 6.07) is 4.31. The molecule has 1 aromatic carbocycles. The molecule has 0 radical (unpaired) electrons. The molecule has 1 saturated heterocycles. The summed E-state index contributed by atoms with van der Waals surface area (Å²) in [7, 11) is 0. The van der Waals surface area contributed by atoms with Crippen LogP contribution in [0, 0.1) is 5.82 Å². The Labute approximate surface area is 126 Å². The van der Waals surface area contributed by atoms with Crippen molar-refractivity contribution in [1.82, 2.24) is 10.4 Å². The number of rotatable bonds is 6. The number of nitrogens with zero attached hydrogens (tertiary/aromatic N) is 1. The molecular weight excluding hydrogens is 300 g/mol.